The van der Waals surface area contributed by atoms with Crippen LogP contribution in [0.3, 0.4) is 0 Å². The minimum atomic E-state index is -0.524. The first-order valence-corrected chi connectivity index (χ1v) is 9.43. The molecule has 0 radical (unpaired) electrons. The number of anilines is 1. The molecule has 2 unspecified atom stereocenters. The SMILES string of the molecule is O=C(c1ccccc1)C1CCCN1C(=O)C1CCC(=O)N1c1ccccc1. The molecule has 0 N–H and O–H groups in total. The largest absolute Gasteiger partial charge is 0.330 e. The van der Waals surface area contributed by atoms with E-state index in [1.807, 2.05) is 48.5 Å². The number of amides is 2. The van der Waals surface area contributed by atoms with Crippen LogP contribution in [-0.2, 0) is 9.59 Å². The number of hydrogen-bond acceptors (Lipinski definition) is 3. The van der Waals surface area contributed by atoms with Crippen LogP contribution in [0.5, 0.6) is 0 Å². The van der Waals surface area contributed by atoms with Crippen molar-refractivity contribution in [3.63, 3.8) is 0 Å². The minimum Gasteiger partial charge on any atom is -0.330 e. The summed E-state index contributed by atoms with van der Waals surface area (Å²) in [4.78, 5) is 41.9. The summed E-state index contributed by atoms with van der Waals surface area (Å²) in [5.74, 6) is -0.168. The molecule has 2 fully saturated rings. The van der Waals surface area contributed by atoms with E-state index < -0.39 is 12.1 Å². The van der Waals surface area contributed by atoms with Crippen LogP contribution in [-0.4, -0.2) is 41.1 Å². The third kappa shape index (κ3) is 3.25. The maximum atomic E-state index is 13.3. The van der Waals surface area contributed by atoms with E-state index in [0.717, 1.165) is 12.1 Å². The van der Waals surface area contributed by atoms with Crippen LogP contribution in [0, 0.1) is 0 Å². The van der Waals surface area contributed by atoms with E-state index in [2.05, 4.69) is 0 Å². The Morgan fingerprint density at radius 3 is 2.22 bits per heavy atom. The molecule has 2 amide bonds. The Labute approximate surface area is 158 Å². The van der Waals surface area contributed by atoms with Crippen LogP contribution in [0.4, 0.5) is 5.69 Å². The van der Waals surface area contributed by atoms with Crippen LogP contribution in [0.2, 0.25) is 0 Å². The Morgan fingerprint density at radius 1 is 0.852 bits per heavy atom. The molecule has 0 bridgehead atoms. The second-order valence-corrected chi connectivity index (χ2v) is 7.07. The van der Waals surface area contributed by atoms with Crippen molar-refractivity contribution >= 4 is 23.3 Å². The number of ketones is 1. The van der Waals surface area contributed by atoms with E-state index in [4.69, 9.17) is 0 Å². The first kappa shape index (κ1) is 17.5. The van der Waals surface area contributed by atoms with E-state index in [9.17, 15) is 14.4 Å². The van der Waals surface area contributed by atoms with Crippen molar-refractivity contribution in [2.24, 2.45) is 0 Å². The molecular weight excluding hydrogens is 340 g/mol. The van der Waals surface area contributed by atoms with Gasteiger partial charge in [0, 0.05) is 24.2 Å². The maximum absolute atomic E-state index is 13.3. The molecule has 0 aliphatic carbocycles. The van der Waals surface area contributed by atoms with Gasteiger partial charge in [0.1, 0.15) is 6.04 Å². The zero-order chi connectivity index (χ0) is 18.8. The van der Waals surface area contributed by atoms with Gasteiger partial charge >= 0.3 is 0 Å². The van der Waals surface area contributed by atoms with Crippen molar-refractivity contribution in [3.05, 3.63) is 66.2 Å². The molecule has 2 aliphatic heterocycles. The van der Waals surface area contributed by atoms with Crippen LogP contribution in [0.25, 0.3) is 0 Å². The monoisotopic (exact) mass is 362 g/mol. The van der Waals surface area contributed by atoms with Crippen LogP contribution < -0.4 is 4.90 Å². The Morgan fingerprint density at radius 2 is 1.52 bits per heavy atom. The summed E-state index contributed by atoms with van der Waals surface area (Å²) in [5.41, 5.74) is 1.37. The number of rotatable bonds is 4. The summed E-state index contributed by atoms with van der Waals surface area (Å²) in [6, 6.07) is 17.5. The summed E-state index contributed by atoms with van der Waals surface area (Å²) in [6.45, 7) is 0.565. The lowest BCUT2D eigenvalue weighted by atomic mass is 10.0. The quantitative estimate of drug-likeness (QED) is 0.786. The van der Waals surface area contributed by atoms with Gasteiger partial charge in [0.2, 0.25) is 11.8 Å². The van der Waals surface area contributed by atoms with Crippen molar-refractivity contribution in [2.45, 2.75) is 37.8 Å². The second kappa shape index (κ2) is 7.35. The molecule has 2 saturated heterocycles. The molecule has 5 heteroatoms. The van der Waals surface area contributed by atoms with E-state index >= 15 is 0 Å². The van der Waals surface area contributed by atoms with E-state index in [-0.39, 0.29) is 17.6 Å². The molecule has 2 aromatic rings. The fourth-order valence-corrected chi connectivity index (χ4v) is 4.12. The molecule has 0 spiro atoms. The van der Waals surface area contributed by atoms with Gasteiger partial charge in [0.25, 0.3) is 0 Å². The average Bonchev–Trinajstić information content (AvgIpc) is 3.35. The lowest BCUT2D eigenvalue weighted by Gasteiger charge is -2.31. The first-order valence-electron chi connectivity index (χ1n) is 9.43. The van der Waals surface area contributed by atoms with Crippen molar-refractivity contribution in [2.75, 3.05) is 11.4 Å². The summed E-state index contributed by atoms with van der Waals surface area (Å²) >= 11 is 0. The summed E-state index contributed by atoms with van der Waals surface area (Å²) < 4.78 is 0. The highest BCUT2D eigenvalue weighted by Crippen LogP contribution is 2.30. The first-order chi connectivity index (χ1) is 13.2. The van der Waals surface area contributed by atoms with Crippen molar-refractivity contribution in [3.8, 4) is 0 Å². The topological polar surface area (TPSA) is 57.7 Å². The molecule has 0 saturated carbocycles. The number of benzene rings is 2. The minimum absolute atomic E-state index is 0.0166. The number of carbonyl (C=O) groups excluding carboxylic acids is 3. The number of carbonyl (C=O) groups is 3. The van der Waals surface area contributed by atoms with Crippen LogP contribution >= 0.6 is 0 Å². The molecule has 2 atom stereocenters. The summed E-state index contributed by atoms with van der Waals surface area (Å²) in [6.07, 6.45) is 2.33. The third-order valence-corrected chi connectivity index (χ3v) is 5.43. The number of hydrogen-bond donors (Lipinski definition) is 0. The Hall–Kier alpha value is -2.95. The van der Waals surface area contributed by atoms with Gasteiger partial charge in [-0.3, -0.25) is 19.3 Å². The fraction of sp³-hybridized carbons (Fsp3) is 0.318. The highest BCUT2D eigenvalue weighted by atomic mass is 16.2. The number of para-hydroxylation sites is 1. The van der Waals surface area contributed by atoms with E-state index in [1.54, 1.807) is 21.9 Å². The fourth-order valence-electron chi connectivity index (χ4n) is 4.12. The normalized spacial score (nSPS) is 22.3. The van der Waals surface area contributed by atoms with Gasteiger partial charge in [-0.05, 0) is 31.4 Å². The third-order valence-electron chi connectivity index (χ3n) is 5.43. The predicted octanol–water partition coefficient (Wildman–Crippen LogP) is 3.06. The Kier molecular flexibility index (Phi) is 4.75. The lowest BCUT2D eigenvalue weighted by Crippen LogP contribution is -2.50. The van der Waals surface area contributed by atoms with Crippen LogP contribution in [0.15, 0.2) is 60.7 Å². The zero-order valence-corrected chi connectivity index (χ0v) is 15.1. The highest BCUT2D eigenvalue weighted by molar-refractivity contribution is 6.06. The van der Waals surface area contributed by atoms with Crippen molar-refractivity contribution < 1.29 is 14.4 Å². The Bertz CT molecular complexity index is 850. The number of nitrogens with zero attached hydrogens (tertiary/aromatic N) is 2. The molecule has 2 heterocycles. The van der Waals surface area contributed by atoms with Crippen LogP contribution in [0.1, 0.15) is 36.0 Å². The average molecular weight is 362 g/mol. The maximum Gasteiger partial charge on any atom is 0.246 e. The molecule has 2 aromatic carbocycles. The van der Waals surface area contributed by atoms with Gasteiger partial charge in [-0.25, -0.2) is 0 Å². The zero-order valence-electron chi connectivity index (χ0n) is 15.1. The van der Waals surface area contributed by atoms with Gasteiger partial charge in [-0.2, -0.15) is 0 Å². The second-order valence-electron chi connectivity index (χ2n) is 7.07. The lowest BCUT2D eigenvalue weighted by molar-refractivity contribution is -0.133. The summed E-state index contributed by atoms with van der Waals surface area (Å²) in [7, 11) is 0. The van der Waals surface area contributed by atoms with E-state index in [1.165, 1.54) is 0 Å². The smallest absolute Gasteiger partial charge is 0.246 e. The van der Waals surface area contributed by atoms with Gasteiger partial charge in [0.15, 0.2) is 5.78 Å². The van der Waals surface area contributed by atoms with Gasteiger partial charge in [-0.1, -0.05) is 48.5 Å². The standard InChI is InChI=1S/C22H22N2O3/c25-20-14-13-19(24(20)17-10-5-2-6-11-17)22(27)23-15-7-12-18(23)21(26)16-8-3-1-4-9-16/h1-6,8-11,18-19H,7,12-15H2. The molecule has 27 heavy (non-hydrogen) atoms. The molecule has 4 rings (SSSR count). The number of likely N-dealkylation sites (tertiary alicyclic amines) is 1. The Balaban J connectivity index is 1.58. The number of Topliss-reactive ketones (excluding diaryl/α,β-unsaturated/α-hetero) is 1. The van der Waals surface area contributed by atoms with E-state index in [0.29, 0.717) is 31.4 Å². The highest BCUT2D eigenvalue weighted by Gasteiger charge is 2.43. The van der Waals surface area contributed by atoms with Gasteiger partial charge < -0.3 is 4.90 Å². The molecule has 138 valence electrons. The molecule has 0 aromatic heterocycles. The molecule has 2 aliphatic rings. The molecular formula is C22H22N2O3. The molecule has 5 nitrogen and oxygen atoms in total. The van der Waals surface area contributed by atoms with Crippen molar-refractivity contribution in [1.82, 2.24) is 4.90 Å². The van der Waals surface area contributed by atoms with Crippen molar-refractivity contribution in [1.29, 1.82) is 0 Å². The van der Waals surface area contributed by atoms with Gasteiger partial charge in [-0.15, -0.1) is 0 Å². The summed E-state index contributed by atoms with van der Waals surface area (Å²) in [5, 5.41) is 0. The van der Waals surface area contributed by atoms with Gasteiger partial charge in [0.05, 0.1) is 6.04 Å². The predicted molar refractivity (Wildman–Crippen MR) is 102 cm³/mol.